The molecule has 0 bridgehead atoms. The Labute approximate surface area is 103 Å². The number of halogens is 3. The van der Waals surface area contributed by atoms with Crippen molar-refractivity contribution in [3.63, 3.8) is 0 Å². The molecule has 18 heavy (non-hydrogen) atoms. The van der Waals surface area contributed by atoms with Crippen molar-refractivity contribution in [1.82, 2.24) is 5.32 Å². The summed E-state index contributed by atoms with van der Waals surface area (Å²) in [5.41, 5.74) is -3.47. The Balaban J connectivity index is 5.54. The zero-order valence-electron chi connectivity index (χ0n) is 10.6. The Morgan fingerprint density at radius 3 is 2.06 bits per heavy atom. The lowest BCUT2D eigenvalue weighted by molar-refractivity contribution is -0.294. The van der Waals surface area contributed by atoms with Crippen molar-refractivity contribution in [2.75, 3.05) is 6.61 Å². The van der Waals surface area contributed by atoms with Gasteiger partial charge in [-0.25, -0.2) is 4.79 Å². The average Bonchev–Trinajstić information content (AvgIpc) is 2.13. The standard InChI is InChI=1S/C10H16F3NO4/c1-5-17-8(16)9(10(11,12)13,14-7(4)15)18-6(2)3/h6H,5H2,1-4H3,(H,14,15). The molecule has 1 N–H and O–H groups in total. The molecule has 0 rings (SSSR count). The Morgan fingerprint density at radius 1 is 1.28 bits per heavy atom. The molecule has 1 atom stereocenters. The molecule has 0 radical (unpaired) electrons. The lowest BCUT2D eigenvalue weighted by Gasteiger charge is -2.34. The molecule has 0 aromatic heterocycles. The maximum Gasteiger partial charge on any atom is 0.448 e. The largest absolute Gasteiger partial charge is 0.462 e. The zero-order valence-corrected chi connectivity index (χ0v) is 10.6. The Bertz CT molecular complexity index is 317. The van der Waals surface area contributed by atoms with E-state index in [0.717, 1.165) is 6.92 Å². The van der Waals surface area contributed by atoms with Gasteiger partial charge in [0.2, 0.25) is 5.91 Å². The van der Waals surface area contributed by atoms with Crippen molar-refractivity contribution in [3.8, 4) is 0 Å². The molecule has 0 aliphatic carbocycles. The molecule has 8 heteroatoms. The number of hydrogen-bond donors (Lipinski definition) is 1. The Kier molecular flexibility index (Phi) is 5.59. The summed E-state index contributed by atoms with van der Waals surface area (Å²) in [5.74, 6) is -2.75. The van der Waals surface area contributed by atoms with Crippen molar-refractivity contribution in [2.24, 2.45) is 0 Å². The average molecular weight is 271 g/mol. The molecular formula is C10H16F3NO4. The van der Waals surface area contributed by atoms with Crippen LogP contribution in [0.2, 0.25) is 0 Å². The minimum Gasteiger partial charge on any atom is -0.462 e. The molecule has 0 fully saturated rings. The van der Waals surface area contributed by atoms with E-state index in [2.05, 4.69) is 9.47 Å². The van der Waals surface area contributed by atoms with Crippen LogP contribution in [0.1, 0.15) is 27.7 Å². The number of carbonyl (C=O) groups is 2. The van der Waals surface area contributed by atoms with Gasteiger partial charge < -0.3 is 14.8 Å². The summed E-state index contributed by atoms with van der Waals surface area (Å²) < 4.78 is 48.0. The summed E-state index contributed by atoms with van der Waals surface area (Å²) in [6.45, 7) is 4.55. The van der Waals surface area contributed by atoms with Gasteiger partial charge in [0, 0.05) is 6.92 Å². The summed E-state index contributed by atoms with van der Waals surface area (Å²) in [5, 5.41) is 1.49. The van der Waals surface area contributed by atoms with Crippen LogP contribution in [-0.2, 0) is 19.1 Å². The summed E-state index contributed by atoms with van der Waals surface area (Å²) in [7, 11) is 0. The lowest BCUT2D eigenvalue weighted by atomic mass is 10.2. The fourth-order valence-corrected chi connectivity index (χ4v) is 1.22. The number of amides is 1. The van der Waals surface area contributed by atoms with E-state index in [1.165, 1.54) is 26.1 Å². The molecule has 0 aliphatic rings. The smallest absolute Gasteiger partial charge is 0.448 e. The van der Waals surface area contributed by atoms with Crippen LogP contribution in [0, 0.1) is 0 Å². The maximum absolute atomic E-state index is 13.0. The van der Waals surface area contributed by atoms with Gasteiger partial charge in [-0.1, -0.05) is 0 Å². The van der Waals surface area contributed by atoms with Crippen LogP contribution in [0.15, 0.2) is 0 Å². The van der Waals surface area contributed by atoms with Gasteiger partial charge in [0.05, 0.1) is 12.7 Å². The fraction of sp³-hybridized carbons (Fsp3) is 0.800. The molecule has 0 spiro atoms. The van der Waals surface area contributed by atoms with E-state index in [1.54, 1.807) is 0 Å². The van der Waals surface area contributed by atoms with E-state index >= 15 is 0 Å². The van der Waals surface area contributed by atoms with Crippen LogP contribution in [0.25, 0.3) is 0 Å². The molecule has 106 valence electrons. The van der Waals surface area contributed by atoms with Crippen molar-refractivity contribution in [3.05, 3.63) is 0 Å². The van der Waals surface area contributed by atoms with Gasteiger partial charge in [-0.05, 0) is 20.8 Å². The number of carbonyl (C=O) groups excluding carboxylic acids is 2. The van der Waals surface area contributed by atoms with Gasteiger partial charge in [-0.3, -0.25) is 4.79 Å². The highest BCUT2D eigenvalue weighted by atomic mass is 19.4. The first-order valence-electron chi connectivity index (χ1n) is 5.27. The molecule has 0 aromatic rings. The van der Waals surface area contributed by atoms with Crippen LogP contribution in [-0.4, -0.2) is 36.5 Å². The van der Waals surface area contributed by atoms with Gasteiger partial charge in [-0.2, -0.15) is 13.2 Å². The highest BCUT2D eigenvalue weighted by Crippen LogP contribution is 2.34. The third kappa shape index (κ3) is 3.86. The minimum atomic E-state index is -5.13. The highest BCUT2D eigenvalue weighted by molar-refractivity contribution is 5.86. The predicted molar refractivity (Wildman–Crippen MR) is 55.5 cm³/mol. The van der Waals surface area contributed by atoms with E-state index in [1.807, 2.05) is 0 Å². The van der Waals surface area contributed by atoms with Gasteiger partial charge in [-0.15, -0.1) is 0 Å². The molecule has 0 saturated carbocycles. The zero-order chi connectivity index (χ0) is 14.6. The first-order chi connectivity index (χ1) is 8.06. The van der Waals surface area contributed by atoms with Crippen LogP contribution < -0.4 is 5.32 Å². The molecule has 0 aromatic carbocycles. The van der Waals surface area contributed by atoms with Crippen LogP contribution in [0.4, 0.5) is 13.2 Å². The SMILES string of the molecule is CCOC(=O)C(NC(C)=O)(OC(C)C)C(F)(F)F. The molecular weight excluding hydrogens is 255 g/mol. The first-order valence-corrected chi connectivity index (χ1v) is 5.27. The minimum absolute atomic E-state index is 0.266. The molecule has 0 heterocycles. The molecule has 1 amide bonds. The number of alkyl halides is 3. The number of rotatable bonds is 5. The van der Waals surface area contributed by atoms with Crippen LogP contribution in [0.3, 0.4) is 0 Å². The third-order valence-corrected chi connectivity index (χ3v) is 1.73. The molecule has 5 nitrogen and oxygen atoms in total. The quantitative estimate of drug-likeness (QED) is 0.606. The maximum atomic E-state index is 13.0. The van der Waals surface area contributed by atoms with Crippen molar-refractivity contribution >= 4 is 11.9 Å². The highest BCUT2D eigenvalue weighted by Gasteiger charge is 2.65. The summed E-state index contributed by atoms with van der Waals surface area (Å²) >= 11 is 0. The molecule has 1 unspecified atom stereocenters. The summed E-state index contributed by atoms with van der Waals surface area (Å²) in [6.07, 6.45) is -6.07. The topological polar surface area (TPSA) is 64.6 Å². The van der Waals surface area contributed by atoms with Gasteiger partial charge in [0.1, 0.15) is 0 Å². The third-order valence-electron chi connectivity index (χ3n) is 1.73. The molecule has 0 saturated heterocycles. The predicted octanol–water partition coefficient (Wildman–Crippen LogP) is 1.37. The Hall–Kier alpha value is -1.31. The first kappa shape index (κ1) is 16.7. The van der Waals surface area contributed by atoms with Gasteiger partial charge in [0.15, 0.2) is 0 Å². The fourth-order valence-electron chi connectivity index (χ4n) is 1.22. The number of ether oxygens (including phenoxy) is 2. The number of nitrogens with one attached hydrogen (secondary N) is 1. The number of hydrogen-bond acceptors (Lipinski definition) is 4. The van der Waals surface area contributed by atoms with Crippen molar-refractivity contribution in [1.29, 1.82) is 0 Å². The van der Waals surface area contributed by atoms with Crippen LogP contribution >= 0.6 is 0 Å². The van der Waals surface area contributed by atoms with E-state index in [9.17, 15) is 22.8 Å². The van der Waals surface area contributed by atoms with Crippen molar-refractivity contribution < 1.29 is 32.2 Å². The van der Waals surface area contributed by atoms with E-state index in [4.69, 9.17) is 0 Å². The normalized spacial score (nSPS) is 15.1. The monoisotopic (exact) mass is 271 g/mol. The summed E-state index contributed by atoms with van der Waals surface area (Å²) in [4.78, 5) is 22.4. The van der Waals surface area contributed by atoms with Crippen molar-refractivity contribution in [2.45, 2.75) is 45.7 Å². The second-order valence-electron chi connectivity index (χ2n) is 3.75. The number of esters is 1. The summed E-state index contributed by atoms with van der Waals surface area (Å²) in [6, 6.07) is 0. The van der Waals surface area contributed by atoms with Gasteiger partial charge >= 0.3 is 17.9 Å². The van der Waals surface area contributed by atoms with Gasteiger partial charge in [0.25, 0.3) is 0 Å². The second-order valence-corrected chi connectivity index (χ2v) is 3.75. The van der Waals surface area contributed by atoms with E-state index in [-0.39, 0.29) is 6.61 Å². The lowest BCUT2D eigenvalue weighted by Crippen LogP contribution is -2.66. The Morgan fingerprint density at radius 2 is 1.78 bits per heavy atom. The van der Waals surface area contributed by atoms with E-state index < -0.39 is 29.9 Å². The van der Waals surface area contributed by atoms with Crippen LogP contribution in [0.5, 0.6) is 0 Å². The molecule has 0 aliphatic heterocycles. The van der Waals surface area contributed by atoms with E-state index in [0.29, 0.717) is 0 Å². The second kappa shape index (κ2) is 6.03.